The van der Waals surface area contributed by atoms with Crippen LogP contribution in [-0.2, 0) is 4.74 Å². The van der Waals surface area contributed by atoms with Gasteiger partial charge in [-0.3, -0.25) is 0 Å². The van der Waals surface area contributed by atoms with Gasteiger partial charge < -0.3 is 10.1 Å². The van der Waals surface area contributed by atoms with Gasteiger partial charge in [-0.25, -0.2) is 0 Å². The van der Waals surface area contributed by atoms with Crippen LogP contribution in [0.4, 0.5) is 0 Å². The van der Waals surface area contributed by atoms with Crippen LogP contribution in [0.15, 0.2) is 0 Å². The lowest BCUT2D eigenvalue weighted by atomic mass is 10.2. The molecule has 2 nitrogen and oxygen atoms in total. The van der Waals surface area contributed by atoms with E-state index in [2.05, 4.69) is 5.32 Å². The van der Waals surface area contributed by atoms with Crippen LogP contribution in [0.25, 0.3) is 0 Å². The molecule has 0 aromatic carbocycles. The van der Waals surface area contributed by atoms with Crippen molar-refractivity contribution in [2.75, 3.05) is 14.2 Å². The molecule has 0 unspecified atom stereocenters. The summed E-state index contributed by atoms with van der Waals surface area (Å²) in [7, 11) is 3.81. The molecule has 0 heterocycles. The maximum Gasteiger partial charge on any atom is 0.0586 e. The number of methoxy groups -OCH3 is 1. The Morgan fingerprint density at radius 2 is 2.22 bits per heavy atom. The predicted octanol–water partition coefficient (Wildman–Crippen LogP) is 0.773. The number of hydrogen-bond acceptors (Lipinski definition) is 2. The van der Waals surface area contributed by atoms with Crippen LogP contribution < -0.4 is 5.32 Å². The van der Waals surface area contributed by atoms with Crippen LogP contribution in [0.3, 0.4) is 0 Å². The molecule has 1 N–H and O–H groups in total. The van der Waals surface area contributed by atoms with Crippen LogP contribution in [0, 0.1) is 0 Å². The minimum Gasteiger partial charge on any atom is -0.381 e. The minimum absolute atomic E-state index is 0.516. The maximum absolute atomic E-state index is 5.20. The first-order chi connectivity index (χ1) is 4.36. The standard InChI is InChI=1S/C7H15NO/c1-8-6-3-4-7(5-6)9-2/h6-8H,3-5H2,1-2H3/t6-,7-/m0/s1. The molecule has 0 bridgehead atoms. The van der Waals surface area contributed by atoms with Gasteiger partial charge in [-0.05, 0) is 26.3 Å². The molecule has 1 aliphatic carbocycles. The fourth-order valence-electron chi connectivity index (χ4n) is 1.42. The fraction of sp³-hybridized carbons (Fsp3) is 1.00. The third-order valence-electron chi connectivity index (χ3n) is 2.13. The van der Waals surface area contributed by atoms with E-state index in [9.17, 15) is 0 Å². The third kappa shape index (κ3) is 1.66. The molecular formula is C7H15NO. The molecule has 0 aliphatic heterocycles. The first kappa shape index (κ1) is 7.03. The van der Waals surface area contributed by atoms with E-state index in [0.29, 0.717) is 12.1 Å². The Balaban J connectivity index is 2.20. The second-order valence-electron chi connectivity index (χ2n) is 2.66. The van der Waals surface area contributed by atoms with Crippen molar-refractivity contribution in [2.45, 2.75) is 31.4 Å². The maximum atomic E-state index is 5.20. The Kier molecular flexibility index (Phi) is 2.49. The summed E-state index contributed by atoms with van der Waals surface area (Å²) in [6, 6.07) is 0.704. The lowest BCUT2D eigenvalue weighted by Gasteiger charge is -2.07. The van der Waals surface area contributed by atoms with Crippen molar-refractivity contribution < 1.29 is 4.74 Å². The lowest BCUT2D eigenvalue weighted by molar-refractivity contribution is 0.107. The SMILES string of the molecule is CN[C@H]1CC[C@H](OC)C1. The monoisotopic (exact) mass is 129 g/mol. The highest BCUT2D eigenvalue weighted by Gasteiger charge is 2.22. The molecule has 0 spiro atoms. The molecule has 0 saturated heterocycles. The third-order valence-corrected chi connectivity index (χ3v) is 2.13. The average Bonchev–Trinajstić information content (AvgIpc) is 2.34. The van der Waals surface area contributed by atoms with Gasteiger partial charge in [0.2, 0.25) is 0 Å². The van der Waals surface area contributed by atoms with Gasteiger partial charge in [0.15, 0.2) is 0 Å². The Labute approximate surface area is 56.6 Å². The molecule has 2 atom stereocenters. The Bertz CT molecular complexity index is 75.0. The largest absolute Gasteiger partial charge is 0.381 e. The quantitative estimate of drug-likeness (QED) is 0.594. The molecule has 0 aromatic heterocycles. The number of hydrogen-bond donors (Lipinski definition) is 1. The van der Waals surface area contributed by atoms with Gasteiger partial charge in [-0.15, -0.1) is 0 Å². The smallest absolute Gasteiger partial charge is 0.0586 e. The zero-order chi connectivity index (χ0) is 6.69. The fourth-order valence-corrected chi connectivity index (χ4v) is 1.42. The minimum atomic E-state index is 0.516. The highest BCUT2D eigenvalue weighted by Crippen LogP contribution is 2.20. The van der Waals surface area contributed by atoms with Crippen molar-refractivity contribution in [1.82, 2.24) is 5.32 Å². The van der Waals surface area contributed by atoms with Gasteiger partial charge in [0.25, 0.3) is 0 Å². The number of rotatable bonds is 2. The van der Waals surface area contributed by atoms with E-state index in [1.165, 1.54) is 19.3 Å². The van der Waals surface area contributed by atoms with Crippen molar-refractivity contribution in [3.8, 4) is 0 Å². The summed E-state index contributed by atoms with van der Waals surface area (Å²) in [4.78, 5) is 0. The topological polar surface area (TPSA) is 21.3 Å². The van der Waals surface area contributed by atoms with Gasteiger partial charge in [0, 0.05) is 13.2 Å². The number of ether oxygens (including phenoxy) is 1. The summed E-state index contributed by atoms with van der Waals surface area (Å²) < 4.78 is 5.20. The zero-order valence-corrected chi connectivity index (χ0v) is 6.18. The first-order valence-corrected chi connectivity index (χ1v) is 3.57. The average molecular weight is 129 g/mol. The Morgan fingerprint density at radius 1 is 1.44 bits per heavy atom. The van der Waals surface area contributed by atoms with Crippen molar-refractivity contribution in [3.05, 3.63) is 0 Å². The highest BCUT2D eigenvalue weighted by atomic mass is 16.5. The van der Waals surface area contributed by atoms with Gasteiger partial charge in [-0.2, -0.15) is 0 Å². The van der Waals surface area contributed by atoms with Gasteiger partial charge in [0.1, 0.15) is 0 Å². The van der Waals surface area contributed by atoms with Crippen LogP contribution in [0.1, 0.15) is 19.3 Å². The van der Waals surface area contributed by atoms with Crippen LogP contribution >= 0.6 is 0 Å². The van der Waals surface area contributed by atoms with Crippen molar-refractivity contribution in [2.24, 2.45) is 0 Å². The summed E-state index contributed by atoms with van der Waals surface area (Å²) in [6.45, 7) is 0. The van der Waals surface area contributed by atoms with Crippen LogP contribution in [0.2, 0.25) is 0 Å². The summed E-state index contributed by atoms with van der Waals surface area (Å²) in [5.74, 6) is 0. The summed E-state index contributed by atoms with van der Waals surface area (Å²) in [6.07, 6.45) is 4.20. The van der Waals surface area contributed by atoms with Crippen LogP contribution in [-0.4, -0.2) is 26.3 Å². The number of nitrogens with one attached hydrogen (secondary N) is 1. The highest BCUT2D eigenvalue weighted by molar-refractivity contribution is 4.79. The van der Waals surface area contributed by atoms with Crippen molar-refractivity contribution >= 4 is 0 Å². The summed E-state index contributed by atoms with van der Waals surface area (Å²) >= 11 is 0. The second-order valence-corrected chi connectivity index (χ2v) is 2.66. The zero-order valence-electron chi connectivity index (χ0n) is 6.18. The van der Waals surface area contributed by atoms with Gasteiger partial charge >= 0.3 is 0 Å². The molecule has 54 valence electrons. The molecule has 0 aromatic rings. The molecule has 0 radical (unpaired) electrons. The van der Waals surface area contributed by atoms with E-state index in [4.69, 9.17) is 4.74 Å². The normalized spacial score (nSPS) is 35.3. The summed E-state index contributed by atoms with van der Waals surface area (Å²) in [5.41, 5.74) is 0. The van der Waals surface area contributed by atoms with E-state index >= 15 is 0 Å². The molecule has 2 heteroatoms. The van der Waals surface area contributed by atoms with Gasteiger partial charge in [-0.1, -0.05) is 0 Å². The van der Waals surface area contributed by atoms with E-state index in [1.807, 2.05) is 7.05 Å². The van der Waals surface area contributed by atoms with Crippen molar-refractivity contribution in [1.29, 1.82) is 0 Å². The molecule has 9 heavy (non-hydrogen) atoms. The molecule has 1 rings (SSSR count). The molecule has 1 aliphatic rings. The second kappa shape index (κ2) is 3.18. The van der Waals surface area contributed by atoms with E-state index < -0.39 is 0 Å². The summed E-state index contributed by atoms with van der Waals surface area (Å²) in [5, 5.41) is 3.25. The van der Waals surface area contributed by atoms with E-state index in [0.717, 1.165) is 0 Å². The lowest BCUT2D eigenvalue weighted by Crippen LogP contribution is -2.22. The van der Waals surface area contributed by atoms with E-state index in [1.54, 1.807) is 7.11 Å². The predicted molar refractivity (Wildman–Crippen MR) is 37.5 cm³/mol. The van der Waals surface area contributed by atoms with E-state index in [-0.39, 0.29) is 0 Å². The first-order valence-electron chi connectivity index (χ1n) is 3.57. The molecule has 1 saturated carbocycles. The van der Waals surface area contributed by atoms with Crippen LogP contribution in [0.5, 0.6) is 0 Å². The Morgan fingerprint density at radius 3 is 2.56 bits per heavy atom. The van der Waals surface area contributed by atoms with Gasteiger partial charge in [0.05, 0.1) is 6.10 Å². The molecule has 1 fully saturated rings. The van der Waals surface area contributed by atoms with Crippen molar-refractivity contribution in [3.63, 3.8) is 0 Å². The molecular weight excluding hydrogens is 114 g/mol. The Hall–Kier alpha value is -0.0800. The molecule has 0 amide bonds.